The summed E-state index contributed by atoms with van der Waals surface area (Å²) in [5.41, 5.74) is 2.77. The summed E-state index contributed by atoms with van der Waals surface area (Å²) in [4.78, 5) is 30.7. The first-order valence-corrected chi connectivity index (χ1v) is 9.74. The average molecular weight is 428 g/mol. The summed E-state index contributed by atoms with van der Waals surface area (Å²) in [5.74, 6) is -0.323. The molecule has 0 saturated carbocycles. The van der Waals surface area contributed by atoms with Crippen molar-refractivity contribution < 1.29 is 4.79 Å². The van der Waals surface area contributed by atoms with Crippen LogP contribution in [0, 0.1) is 6.92 Å². The Morgan fingerprint density at radius 2 is 1.85 bits per heavy atom. The number of aryl methyl sites for hydroxylation is 1. The Balaban J connectivity index is 2.28. The second kappa shape index (κ2) is 7.96. The number of para-hydroxylation sites is 1. The molecule has 1 amide bonds. The summed E-state index contributed by atoms with van der Waals surface area (Å²) in [6, 6.07) is 13.2. The lowest BCUT2D eigenvalue weighted by Crippen LogP contribution is -2.35. The van der Waals surface area contributed by atoms with Gasteiger partial charge in [-0.25, -0.2) is 0 Å². The molecule has 1 heterocycles. The summed E-state index contributed by atoms with van der Waals surface area (Å²) < 4.78 is 0.865. The van der Waals surface area contributed by atoms with E-state index in [1.54, 1.807) is 4.90 Å². The zero-order chi connectivity index (χ0) is 19.6. The minimum absolute atomic E-state index is 0.126. The third-order valence-electron chi connectivity index (χ3n) is 4.51. The number of halogens is 1. The second-order valence-corrected chi connectivity index (χ2v) is 7.03. The predicted octanol–water partition coefficient (Wildman–Crippen LogP) is 4.70. The maximum absolute atomic E-state index is 13.4. The first kappa shape index (κ1) is 19.2. The van der Waals surface area contributed by atoms with Gasteiger partial charge < -0.3 is 15.2 Å². The van der Waals surface area contributed by atoms with Gasteiger partial charge in [0, 0.05) is 28.6 Å². The Kier molecular flexibility index (Phi) is 5.65. The molecule has 3 rings (SSSR count). The molecule has 0 saturated heterocycles. The van der Waals surface area contributed by atoms with E-state index < -0.39 is 5.56 Å². The Bertz CT molecular complexity index is 1040. The molecule has 0 bridgehead atoms. The Morgan fingerprint density at radius 1 is 1.15 bits per heavy atom. The lowest BCUT2D eigenvalue weighted by molar-refractivity contribution is 0.0988. The van der Waals surface area contributed by atoms with E-state index >= 15 is 0 Å². The zero-order valence-corrected chi connectivity index (χ0v) is 17.2. The molecule has 0 aliphatic rings. The van der Waals surface area contributed by atoms with Crippen molar-refractivity contribution in [2.24, 2.45) is 0 Å². The number of nitrogens with one attached hydrogen (secondary N) is 2. The van der Waals surface area contributed by atoms with Crippen LogP contribution < -0.4 is 15.8 Å². The van der Waals surface area contributed by atoms with E-state index in [0.29, 0.717) is 24.3 Å². The van der Waals surface area contributed by atoms with E-state index in [1.807, 2.05) is 63.2 Å². The largest absolute Gasteiger partial charge is 0.384 e. The fourth-order valence-corrected chi connectivity index (χ4v) is 3.74. The summed E-state index contributed by atoms with van der Waals surface area (Å²) in [7, 11) is 0. The molecular formula is C21H22BrN3O2. The van der Waals surface area contributed by atoms with Crippen molar-refractivity contribution in [2.75, 3.05) is 23.3 Å². The number of hydrogen-bond acceptors (Lipinski definition) is 3. The summed E-state index contributed by atoms with van der Waals surface area (Å²) in [6.07, 6.45) is 0. The number of pyridine rings is 1. The second-order valence-electron chi connectivity index (χ2n) is 6.24. The van der Waals surface area contributed by atoms with Gasteiger partial charge in [0.05, 0.1) is 11.2 Å². The van der Waals surface area contributed by atoms with Gasteiger partial charge in [0.2, 0.25) is 0 Å². The minimum Gasteiger partial charge on any atom is -0.384 e. The number of carbonyl (C=O) groups excluding carboxylic acids is 1. The van der Waals surface area contributed by atoms with Crippen molar-refractivity contribution in [1.82, 2.24) is 4.98 Å². The molecule has 0 radical (unpaired) electrons. The van der Waals surface area contributed by atoms with Crippen molar-refractivity contribution in [1.29, 1.82) is 0 Å². The van der Waals surface area contributed by atoms with E-state index in [2.05, 4.69) is 26.2 Å². The number of H-pyrrole nitrogens is 1. The van der Waals surface area contributed by atoms with Gasteiger partial charge in [0.15, 0.2) is 0 Å². The van der Waals surface area contributed by atoms with E-state index in [0.717, 1.165) is 21.1 Å². The molecule has 0 aliphatic carbocycles. The Morgan fingerprint density at radius 3 is 2.48 bits per heavy atom. The summed E-state index contributed by atoms with van der Waals surface area (Å²) in [6.45, 7) is 6.87. The number of aromatic nitrogens is 1. The minimum atomic E-state index is -0.395. The summed E-state index contributed by atoms with van der Waals surface area (Å²) in [5, 5.41) is 4.05. The number of carbonyl (C=O) groups is 1. The van der Waals surface area contributed by atoms with Crippen LogP contribution >= 0.6 is 15.9 Å². The fourth-order valence-electron chi connectivity index (χ4n) is 3.20. The fraction of sp³-hybridized carbons (Fsp3) is 0.238. The topological polar surface area (TPSA) is 65.2 Å². The standard InChI is InChI=1S/C21H22BrN3O2/c1-4-23-19-16-15(12-11-13(3)18(16)22)24-20(26)17(19)21(27)25(5-2)14-9-7-6-8-10-14/h6-12H,4-5H2,1-3H3,(H2,23,24,26). The molecule has 140 valence electrons. The number of rotatable bonds is 5. The van der Waals surface area contributed by atoms with Gasteiger partial charge in [-0.2, -0.15) is 0 Å². The molecule has 0 fully saturated rings. The van der Waals surface area contributed by atoms with Gasteiger partial charge in [-0.3, -0.25) is 9.59 Å². The highest BCUT2D eigenvalue weighted by molar-refractivity contribution is 9.10. The molecule has 5 nitrogen and oxygen atoms in total. The number of benzene rings is 2. The normalized spacial score (nSPS) is 10.8. The van der Waals surface area contributed by atoms with Crippen LogP contribution in [-0.4, -0.2) is 24.0 Å². The smallest absolute Gasteiger partial charge is 0.266 e. The molecule has 0 unspecified atom stereocenters. The van der Waals surface area contributed by atoms with Gasteiger partial charge >= 0.3 is 0 Å². The third kappa shape index (κ3) is 3.49. The zero-order valence-electron chi connectivity index (χ0n) is 15.6. The molecule has 6 heteroatoms. The number of nitrogens with zero attached hydrogens (tertiary/aromatic N) is 1. The van der Waals surface area contributed by atoms with E-state index in [9.17, 15) is 9.59 Å². The molecular weight excluding hydrogens is 406 g/mol. The molecule has 27 heavy (non-hydrogen) atoms. The summed E-state index contributed by atoms with van der Waals surface area (Å²) >= 11 is 3.62. The van der Waals surface area contributed by atoms with Crippen LogP contribution in [0.15, 0.2) is 51.7 Å². The van der Waals surface area contributed by atoms with E-state index in [1.165, 1.54) is 0 Å². The SMILES string of the molecule is CCNc1c(C(=O)N(CC)c2ccccc2)c(=O)[nH]c2ccc(C)c(Br)c12. The van der Waals surface area contributed by atoms with Gasteiger partial charge in [0.1, 0.15) is 5.56 Å². The monoisotopic (exact) mass is 427 g/mol. The van der Waals surface area contributed by atoms with Crippen LogP contribution in [-0.2, 0) is 0 Å². The number of amides is 1. The van der Waals surface area contributed by atoms with Gasteiger partial charge in [-0.15, -0.1) is 0 Å². The van der Waals surface area contributed by atoms with Crippen molar-refractivity contribution in [2.45, 2.75) is 20.8 Å². The Hall–Kier alpha value is -2.60. The van der Waals surface area contributed by atoms with Crippen molar-refractivity contribution in [3.05, 3.63) is 68.4 Å². The molecule has 0 atom stereocenters. The van der Waals surface area contributed by atoms with Crippen LogP contribution in [0.2, 0.25) is 0 Å². The lowest BCUT2D eigenvalue weighted by Gasteiger charge is -2.23. The van der Waals surface area contributed by atoms with Gasteiger partial charge in [-0.1, -0.05) is 24.3 Å². The van der Waals surface area contributed by atoms with Gasteiger partial charge in [0.25, 0.3) is 11.5 Å². The van der Waals surface area contributed by atoms with Gasteiger partial charge in [-0.05, 0) is 60.5 Å². The van der Waals surface area contributed by atoms with Crippen LogP contribution in [0.25, 0.3) is 10.9 Å². The van der Waals surface area contributed by atoms with Crippen LogP contribution in [0.5, 0.6) is 0 Å². The number of fused-ring (bicyclic) bond motifs is 1. The molecule has 0 spiro atoms. The van der Waals surface area contributed by atoms with E-state index in [4.69, 9.17) is 0 Å². The van der Waals surface area contributed by atoms with Crippen LogP contribution in [0.3, 0.4) is 0 Å². The highest BCUT2D eigenvalue weighted by atomic mass is 79.9. The average Bonchev–Trinajstić information content (AvgIpc) is 2.66. The first-order chi connectivity index (χ1) is 13.0. The molecule has 0 aliphatic heterocycles. The third-order valence-corrected chi connectivity index (χ3v) is 5.53. The Labute approximate surface area is 166 Å². The van der Waals surface area contributed by atoms with E-state index in [-0.39, 0.29) is 11.5 Å². The first-order valence-electron chi connectivity index (χ1n) is 8.95. The highest BCUT2D eigenvalue weighted by Gasteiger charge is 2.25. The molecule has 1 aromatic heterocycles. The molecule has 2 N–H and O–H groups in total. The molecule has 2 aromatic carbocycles. The lowest BCUT2D eigenvalue weighted by atomic mass is 10.0. The van der Waals surface area contributed by atoms with Crippen molar-refractivity contribution >= 4 is 44.1 Å². The van der Waals surface area contributed by atoms with Crippen molar-refractivity contribution in [3.63, 3.8) is 0 Å². The predicted molar refractivity (Wildman–Crippen MR) is 115 cm³/mol. The number of hydrogen-bond donors (Lipinski definition) is 2. The molecule has 3 aromatic rings. The van der Waals surface area contributed by atoms with Crippen LogP contribution in [0.4, 0.5) is 11.4 Å². The van der Waals surface area contributed by atoms with Crippen molar-refractivity contribution in [3.8, 4) is 0 Å². The number of anilines is 2. The van der Waals surface area contributed by atoms with Crippen LogP contribution in [0.1, 0.15) is 29.8 Å². The number of aromatic amines is 1. The quantitative estimate of drug-likeness (QED) is 0.620. The maximum atomic E-state index is 13.4. The highest BCUT2D eigenvalue weighted by Crippen LogP contribution is 2.34. The maximum Gasteiger partial charge on any atom is 0.266 e.